The fourth-order valence-corrected chi connectivity index (χ4v) is 4.64. The SMILES string of the molecule is CCC(=O)OC1(COc2ccc(-n3cnn4cc(-c5ccc(Cl)cc5)cc4c3=O)cc2OC)CC(F)(F)C1. The maximum Gasteiger partial charge on any atom is 0.306 e. The maximum atomic E-state index is 13.6. The van der Waals surface area contributed by atoms with E-state index >= 15 is 0 Å². The lowest BCUT2D eigenvalue weighted by Crippen LogP contribution is -2.57. The van der Waals surface area contributed by atoms with Crippen molar-refractivity contribution in [2.24, 2.45) is 0 Å². The molecule has 198 valence electrons. The monoisotopic (exact) mass is 543 g/mol. The third kappa shape index (κ3) is 4.96. The highest BCUT2D eigenvalue weighted by Crippen LogP contribution is 2.48. The molecule has 0 bridgehead atoms. The van der Waals surface area contributed by atoms with Crippen molar-refractivity contribution in [1.29, 1.82) is 0 Å². The standard InChI is InChI=1S/C27H24ClF2N3O5/c1-3-24(34)38-26(13-27(29,30)14-26)15-37-22-9-8-20(11-23(22)36-2)32-16-31-33-12-18(10-21(33)25(32)35)17-4-6-19(28)7-5-17/h4-12,16H,3,13-15H2,1-2H3. The van der Waals surface area contributed by atoms with Crippen molar-refractivity contribution in [2.75, 3.05) is 13.7 Å². The highest BCUT2D eigenvalue weighted by Gasteiger charge is 2.60. The lowest BCUT2D eigenvalue weighted by Gasteiger charge is -2.45. The summed E-state index contributed by atoms with van der Waals surface area (Å²) in [5, 5.41) is 4.97. The van der Waals surface area contributed by atoms with Gasteiger partial charge in [-0.25, -0.2) is 13.3 Å². The Bertz CT molecular complexity index is 1560. The van der Waals surface area contributed by atoms with E-state index in [1.807, 2.05) is 12.1 Å². The zero-order valence-electron chi connectivity index (χ0n) is 20.6. The number of rotatable bonds is 8. The molecule has 8 nitrogen and oxygen atoms in total. The second-order valence-corrected chi connectivity index (χ2v) is 9.65. The van der Waals surface area contributed by atoms with Gasteiger partial charge in [-0.1, -0.05) is 30.7 Å². The molecule has 0 unspecified atom stereocenters. The zero-order chi connectivity index (χ0) is 27.1. The number of aromatic nitrogens is 3. The molecule has 11 heteroatoms. The van der Waals surface area contributed by atoms with Gasteiger partial charge in [0.25, 0.3) is 11.5 Å². The van der Waals surface area contributed by atoms with Crippen LogP contribution in [0, 0.1) is 0 Å². The number of ether oxygens (including phenoxy) is 3. The molecule has 1 aliphatic rings. The van der Waals surface area contributed by atoms with Gasteiger partial charge in [0.2, 0.25) is 0 Å². The molecular formula is C27H24ClF2N3O5. The molecule has 0 N–H and O–H groups in total. The van der Waals surface area contributed by atoms with Gasteiger partial charge in [0.1, 0.15) is 18.5 Å². The van der Waals surface area contributed by atoms with Crippen molar-refractivity contribution in [1.82, 2.24) is 14.2 Å². The number of benzene rings is 2. The molecular weight excluding hydrogens is 520 g/mol. The predicted molar refractivity (Wildman–Crippen MR) is 137 cm³/mol. The van der Waals surface area contributed by atoms with E-state index < -0.39 is 30.3 Å². The molecule has 0 atom stereocenters. The van der Waals surface area contributed by atoms with Crippen LogP contribution in [0.1, 0.15) is 26.2 Å². The average molecular weight is 544 g/mol. The van der Waals surface area contributed by atoms with Crippen LogP contribution in [-0.2, 0) is 9.53 Å². The third-order valence-corrected chi connectivity index (χ3v) is 6.66. The van der Waals surface area contributed by atoms with Gasteiger partial charge in [-0.05, 0) is 35.9 Å². The van der Waals surface area contributed by atoms with E-state index in [4.69, 9.17) is 25.8 Å². The normalized spacial score (nSPS) is 15.6. The summed E-state index contributed by atoms with van der Waals surface area (Å²) in [4.78, 5) is 25.1. The van der Waals surface area contributed by atoms with E-state index in [0.717, 1.165) is 11.1 Å². The largest absolute Gasteiger partial charge is 0.493 e. The molecule has 0 saturated heterocycles. The van der Waals surface area contributed by atoms with E-state index in [1.165, 1.54) is 22.5 Å². The number of carbonyl (C=O) groups is 1. The highest BCUT2D eigenvalue weighted by atomic mass is 35.5. The number of fused-ring (bicyclic) bond motifs is 1. The number of carbonyl (C=O) groups excluding carboxylic acids is 1. The Balaban J connectivity index is 1.40. The van der Waals surface area contributed by atoms with Gasteiger partial charge in [-0.3, -0.25) is 14.2 Å². The zero-order valence-corrected chi connectivity index (χ0v) is 21.4. The Morgan fingerprint density at radius 1 is 1.08 bits per heavy atom. The molecule has 0 amide bonds. The molecule has 0 aliphatic heterocycles. The Labute approximate surface area is 221 Å². The van der Waals surface area contributed by atoms with E-state index in [9.17, 15) is 18.4 Å². The van der Waals surface area contributed by atoms with E-state index in [-0.39, 0.29) is 30.1 Å². The topological polar surface area (TPSA) is 84.1 Å². The van der Waals surface area contributed by atoms with Gasteiger partial charge in [0, 0.05) is 29.3 Å². The minimum absolute atomic E-state index is 0.0708. The molecule has 4 aromatic rings. The van der Waals surface area contributed by atoms with Crippen LogP contribution in [0.15, 0.2) is 65.8 Å². The molecule has 0 spiro atoms. The molecule has 1 aliphatic carbocycles. The summed E-state index contributed by atoms with van der Waals surface area (Å²) in [6.07, 6.45) is 2.01. The van der Waals surface area contributed by atoms with Crippen LogP contribution >= 0.6 is 11.6 Å². The summed E-state index contributed by atoms with van der Waals surface area (Å²) >= 11 is 5.98. The van der Waals surface area contributed by atoms with Crippen molar-refractivity contribution < 1.29 is 27.8 Å². The van der Waals surface area contributed by atoms with Crippen LogP contribution in [0.5, 0.6) is 11.5 Å². The average Bonchev–Trinajstić information content (AvgIpc) is 3.32. The number of halogens is 3. The lowest BCUT2D eigenvalue weighted by molar-refractivity contribution is -0.234. The summed E-state index contributed by atoms with van der Waals surface area (Å²) in [5.41, 5.74) is 0.819. The summed E-state index contributed by atoms with van der Waals surface area (Å²) < 4.78 is 46.7. The van der Waals surface area contributed by atoms with Gasteiger partial charge in [-0.15, -0.1) is 0 Å². The van der Waals surface area contributed by atoms with Gasteiger partial charge < -0.3 is 14.2 Å². The third-order valence-electron chi connectivity index (χ3n) is 6.40. The van der Waals surface area contributed by atoms with E-state index in [2.05, 4.69) is 5.10 Å². The van der Waals surface area contributed by atoms with Crippen LogP contribution < -0.4 is 15.0 Å². The van der Waals surface area contributed by atoms with Crippen LogP contribution in [0.2, 0.25) is 5.02 Å². The summed E-state index contributed by atoms with van der Waals surface area (Å²) in [5.74, 6) is -2.95. The van der Waals surface area contributed by atoms with Crippen molar-refractivity contribution in [2.45, 2.75) is 37.7 Å². The molecule has 5 rings (SSSR count). The molecule has 0 radical (unpaired) electrons. The van der Waals surface area contributed by atoms with Gasteiger partial charge in [-0.2, -0.15) is 5.10 Å². The Morgan fingerprint density at radius 3 is 2.47 bits per heavy atom. The van der Waals surface area contributed by atoms with Crippen molar-refractivity contribution in [3.63, 3.8) is 0 Å². The minimum atomic E-state index is -2.91. The first kappa shape index (κ1) is 25.7. The first-order chi connectivity index (χ1) is 18.1. The number of hydrogen-bond donors (Lipinski definition) is 0. The molecule has 1 saturated carbocycles. The minimum Gasteiger partial charge on any atom is -0.493 e. The molecule has 38 heavy (non-hydrogen) atoms. The Kier molecular flexibility index (Phi) is 6.60. The summed E-state index contributed by atoms with van der Waals surface area (Å²) in [6, 6.07) is 13.8. The predicted octanol–water partition coefficient (Wildman–Crippen LogP) is 5.31. The van der Waals surface area contributed by atoms with Crippen molar-refractivity contribution >= 4 is 23.1 Å². The summed E-state index contributed by atoms with van der Waals surface area (Å²) in [6.45, 7) is 1.34. The van der Waals surface area contributed by atoms with Crippen LogP contribution in [-0.4, -0.2) is 45.4 Å². The number of esters is 1. The second-order valence-electron chi connectivity index (χ2n) is 9.22. The van der Waals surface area contributed by atoms with Crippen LogP contribution in [0.3, 0.4) is 0 Å². The Hall–Kier alpha value is -3.92. The fourth-order valence-electron chi connectivity index (χ4n) is 4.52. The first-order valence-electron chi connectivity index (χ1n) is 11.9. The number of alkyl halides is 2. The van der Waals surface area contributed by atoms with Crippen molar-refractivity contribution in [3.05, 3.63) is 76.4 Å². The summed E-state index contributed by atoms with van der Waals surface area (Å²) in [7, 11) is 1.42. The second kappa shape index (κ2) is 9.75. The lowest BCUT2D eigenvalue weighted by atomic mass is 9.77. The first-order valence-corrected chi connectivity index (χ1v) is 12.3. The highest BCUT2D eigenvalue weighted by molar-refractivity contribution is 6.30. The number of hydrogen-bond acceptors (Lipinski definition) is 6. The van der Waals surface area contributed by atoms with Crippen molar-refractivity contribution in [3.8, 4) is 28.3 Å². The fraction of sp³-hybridized carbons (Fsp3) is 0.296. The Morgan fingerprint density at radius 2 is 1.82 bits per heavy atom. The smallest absolute Gasteiger partial charge is 0.306 e. The quantitative estimate of drug-likeness (QED) is 0.280. The molecule has 2 aromatic carbocycles. The maximum absolute atomic E-state index is 13.6. The molecule has 2 aromatic heterocycles. The van der Waals surface area contributed by atoms with Gasteiger partial charge in [0.05, 0.1) is 25.6 Å². The van der Waals surface area contributed by atoms with Crippen LogP contribution in [0.25, 0.3) is 22.3 Å². The van der Waals surface area contributed by atoms with E-state index in [0.29, 0.717) is 16.2 Å². The van der Waals surface area contributed by atoms with Crippen LogP contribution in [0.4, 0.5) is 8.78 Å². The number of nitrogens with zero attached hydrogens (tertiary/aromatic N) is 3. The molecule has 1 fully saturated rings. The number of methoxy groups -OCH3 is 1. The van der Waals surface area contributed by atoms with E-state index in [1.54, 1.807) is 49.5 Å². The van der Waals surface area contributed by atoms with Gasteiger partial charge >= 0.3 is 5.97 Å². The molecule has 2 heterocycles. The van der Waals surface area contributed by atoms with Gasteiger partial charge in [0.15, 0.2) is 17.1 Å².